The highest BCUT2D eigenvalue weighted by Gasteiger charge is 2.54. The molecule has 3 aliphatic heterocycles. The zero-order valence-electron chi connectivity index (χ0n) is 16.3. The van der Waals surface area contributed by atoms with E-state index in [1.807, 2.05) is 36.1 Å². The lowest BCUT2D eigenvalue weighted by Gasteiger charge is -2.50. The van der Waals surface area contributed by atoms with Crippen LogP contribution in [0.5, 0.6) is 0 Å². The number of likely N-dealkylation sites (tertiary alicyclic amines) is 1. The molecule has 0 radical (unpaired) electrons. The van der Waals surface area contributed by atoms with Crippen molar-refractivity contribution in [2.24, 2.45) is 11.8 Å². The van der Waals surface area contributed by atoms with Gasteiger partial charge in [-0.3, -0.25) is 4.79 Å². The number of amides is 1. The normalized spacial score (nSPS) is 24.9. The van der Waals surface area contributed by atoms with E-state index in [0.717, 1.165) is 69.8 Å². The molecule has 3 aliphatic rings. The molecule has 1 atom stereocenters. The second kappa shape index (κ2) is 8.29. The highest BCUT2D eigenvalue weighted by Crippen LogP contribution is 2.42. The molecule has 3 heterocycles. The summed E-state index contributed by atoms with van der Waals surface area (Å²) in [7, 11) is 0. The molecule has 4 rings (SSSR count). The van der Waals surface area contributed by atoms with Gasteiger partial charge in [0.2, 0.25) is 0 Å². The minimum atomic E-state index is -0.139. The van der Waals surface area contributed by atoms with Crippen LogP contribution >= 0.6 is 0 Å². The maximum absolute atomic E-state index is 12.8. The van der Waals surface area contributed by atoms with Crippen molar-refractivity contribution in [2.75, 3.05) is 46.1 Å². The van der Waals surface area contributed by atoms with Gasteiger partial charge in [0.25, 0.3) is 5.91 Å². The van der Waals surface area contributed by atoms with Gasteiger partial charge < -0.3 is 19.1 Å². The molecule has 1 spiro atoms. The lowest BCUT2D eigenvalue weighted by Crippen LogP contribution is -2.66. The Labute approximate surface area is 162 Å². The summed E-state index contributed by atoms with van der Waals surface area (Å²) in [5, 5.41) is 0. The topological polar surface area (TPSA) is 48.0 Å². The zero-order valence-corrected chi connectivity index (χ0v) is 16.3. The summed E-state index contributed by atoms with van der Waals surface area (Å²) in [4.78, 5) is 14.7. The fraction of sp³-hybridized carbons (Fsp3) is 0.682. The van der Waals surface area contributed by atoms with Crippen LogP contribution in [-0.2, 0) is 14.2 Å². The monoisotopic (exact) mass is 373 g/mol. The van der Waals surface area contributed by atoms with Crippen LogP contribution < -0.4 is 0 Å². The molecule has 3 saturated heterocycles. The number of carbonyl (C=O) groups excluding carboxylic acids is 1. The summed E-state index contributed by atoms with van der Waals surface area (Å²) in [6.07, 6.45) is 4.33. The van der Waals surface area contributed by atoms with Crippen LogP contribution in [0.15, 0.2) is 24.3 Å². The first-order chi connectivity index (χ1) is 13.2. The molecule has 0 unspecified atom stereocenters. The second-order valence-electron chi connectivity index (χ2n) is 8.29. The van der Waals surface area contributed by atoms with Crippen molar-refractivity contribution in [1.82, 2.24) is 4.90 Å². The molecular weight excluding hydrogens is 342 g/mol. The molecule has 3 fully saturated rings. The van der Waals surface area contributed by atoms with Crippen molar-refractivity contribution in [3.8, 4) is 0 Å². The van der Waals surface area contributed by atoms with Crippen molar-refractivity contribution in [2.45, 2.75) is 38.2 Å². The SMILES string of the molecule is Cc1ccccc1C(=O)N1CC2(C1)OCC[C@H]2CCOCC1CCOCC1. The van der Waals surface area contributed by atoms with E-state index < -0.39 is 0 Å². The maximum Gasteiger partial charge on any atom is 0.254 e. The van der Waals surface area contributed by atoms with Crippen molar-refractivity contribution in [3.63, 3.8) is 0 Å². The molecule has 0 aliphatic carbocycles. The first kappa shape index (κ1) is 18.9. The van der Waals surface area contributed by atoms with E-state index in [1.165, 1.54) is 0 Å². The number of hydrogen-bond donors (Lipinski definition) is 0. The lowest BCUT2D eigenvalue weighted by atomic mass is 9.78. The summed E-state index contributed by atoms with van der Waals surface area (Å²) in [5.74, 6) is 1.27. The molecule has 0 aromatic heterocycles. The van der Waals surface area contributed by atoms with E-state index in [0.29, 0.717) is 24.9 Å². The fourth-order valence-corrected chi connectivity index (χ4v) is 4.66. The summed E-state index contributed by atoms with van der Waals surface area (Å²) >= 11 is 0. The Morgan fingerprint density at radius 3 is 2.74 bits per heavy atom. The Bertz CT molecular complexity index is 649. The van der Waals surface area contributed by atoms with Gasteiger partial charge in [-0.1, -0.05) is 18.2 Å². The number of nitrogens with zero attached hydrogens (tertiary/aromatic N) is 1. The minimum absolute atomic E-state index is 0.128. The Balaban J connectivity index is 1.24. The van der Waals surface area contributed by atoms with Gasteiger partial charge >= 0.3 is 0 Å². The predicted octanol–water partition coefficient (Wildman–Crippen LogP) is 3.06. The largest absolute Gasteiger partial charge is 0.381 e. The maximum atomic E-state index is 12.8. The van der Waals surface area contributed by atoms with E-state index in [1.54, 1.807) is 0 Å². The molecule has 1 aromatic rings. The van der Waals surface area contributed by atoms with Gasteiger partial charge in [0.15, 0.2) is 0 Å². The summed E-state index contributed by atoms with van der Waals surface area (Å²) in [6, 6.07) is 7.81. The number of ether oxygens (including phenoxy) is 3. The number of hydrogen-bond acceptors (Lipinski definition) is 4. The smallest absolute Gasteiger partial charge is 0.254 e. The zero-order chi connectivity index (χ0) is 18.7. The van der Waals surface area contributed by atoms with Gasteiger partial charge in [0, 0.05) is 38.6 Å². The molecule has 1 aromatic carbocycles. The molecule has 5 heteroatoms. The highest BCUT2D eigenvalue weighted by atomic mass is 16.5. The highest BCUT2D eigenvalue weighted by molar-refractivity contribution is 5.96. The Morgan fingerprint density at radius 1 is 1.19 bits per heavy atom. The predicted molar refractivity (Wildman–Crippen MR) is 103 cm³/mol. The first-order valence-corrected chi connectivity index (χ1v) is 10.3. The van der Waals surface area contributed by atoms with Gasteiger partial charge in [0.05, 0.1) is 13.1 Å². The molecule has 0 N–H and O–H groups in total. The van der Waals surface area contributed by atoms with Crippen molar-refractivity contribution in [1.29, 1.82) is 0 Å². The van der Waals surface area contributed by atoms with Crippen LogP contribution in [0.2, 0.25) is 0 Å². The van der Waals surface area contributed by atoms with Gasteiger partial charge in [-0.05, 0) is 56.1 Å². The summed E-state index contributed by atoms with van der Waals surface area (Å²) < 4.78 is 17.5. The van der Waals surface area contributed by atoms with Gasteiger partial charge in [0.1, 0.15) is 5.60 Å². The first-order valence-electron chi connectivity index (χ1n) is 10.3. The Morgan fingerprint density at radius 2 is 1.96 bits per heavy atom. The van der Waals surface area contributed by atoms with E-state index in [4.69, 9.17) is 14.2 Å². The van der Waals surface area contributed by atoms with Crippen molar-refractivity contribution >= 4 is 5.91 Å². The molecule has 27 heavy (non-hydrogen) atoms. The van der Waals surface area contributed by atoms with Gasteiger partial charge in [-0.2, -0.15) is 0 Å². The quantitative estimate of drug-likeness (QED) is 0.719. The molecule has 0 bridgehead atoms. The molecule has 1 amide bonds. The average molecular weight is 373 g/mol. The molecule has 0 saturated carbocycles. The molecule has 148 valence electrons. The number of aryl methyl sites for hydroxylation is 1. The summed E-state index contributed by atoms with van der Waals surface area (Å²) in [6.45, 7) is 7.61. The van der Waals surface area contributed by atoms with Crippen LogP contribution in [0.4, 0.5) is 0 Å². The van der Waals surface area contributed by atoms with Crippen LogP contribution in [0.1, 0.15) is 41.6 Å². The number of benzene rings is 1. The van der Waals surface area contributed by atoms with Crippen LogP contribution in [0.25, 0.3) is 0 Å². The van der Waals surface area contributed by atoms with Crippen molar-refractivity contribution < 1.29 is 19.0 Å². The molecular formula is C22H31NO4. The number of carbonyl (C=O) groups is 1. The second-order valence-corrected chi connectivity index (χ2v) is 8.29. The van der Waals surface area contributed by atoms with Gasteiger partial charge in [-0.25, -0.2) is 0 Å². The molecule has 5 nitrogen and oxygen atoms in total. The van der Waals surface area contributed by atoms with E-state index in [-0.39, 0.29) is 11.5 Å². The van der Waals surface area contributed by atoms with Gasteiger partial charge in [-0.15, -0.1) is 0 Å². The van der Waals surface area contributed by atoms with Crippen LogP contribution in [0, 0.1) is 18.8 Å². The third-order valence-electron chi connectivity index (χ3n) is 6.48. The lowest BCUT2D eigenvalue weighted by molar-refractivity contribution is -0.121. The third kappa shape index (κ3) is 4.05. The average Bonchev–Trinajstić information content (AvgIpc) is 3.09. The van der Waals surface area contributed by atoms with E-state index in [9.17, 15) is 4.79 Å². The number of rotatable bonds is 6. The summed E-state index contributed by atoms with van der Waals surface area (Å²) in [5.41, 5.74) is 1.70. The van der Waals surface area contributed by atoms with Crippen LogP contribution in [-0.4, -0.2) is 62.5 Å². The van der Waals surface area contributed by atoms with E-state index in [2.05, 4.69) is 0 Å². The minimum Gasteiger partial charge on any atom is -0.381 e. The Kier molecular flexibility index (Phi) is 5.81. The fourth-order valence-electron chi connectivity index (χ4n) is 4.66. The Hall–Kier alpha value is -1.43. The van der Waals surface area contributed by atoms with Crippen LogP contribution in [0.3, 0.4) is 0 Å². The standard InChI is InChI=1S/C22H31NO4/c1-17-4-2-3-5-20(17)21(24)23-15-22(16-23)19(9-13-27-22)8-12-26-14-18-6-10-25-11-7-18/h2-5,18-19H,6-16H2,1H3/t19-/m1/s1. The van der Waals surface area contributed by atoms with Crippen molar-refractivity contribution in [3.05, 3.63) is 35.4 Å². The third-order valence-corrected chi connectivity index (χ3v) is 6.48. The van der Waals surface area contributed by atoms with E-state index >= 15 is 0 Å².